The van der Waals surface area contributed by atoms with Crippen molar-refractivity contribution < 1.29 is 0 Å². The van der Waals surface area contributed by atoms with Crippen molar-refractivity contribution in [2.75, 3.05) is 20.1 Å². The van der Waals surface area contributed by atoms with E-state index in [1.165, 1.54) is 22.3 Å². The van der Waals surface area contributed by atoms with E-state index in [-0.39, 0.29) is 24.0 Å². The first-order valence-electron chi connectivity index (χ1n) is 8.50. The van der Waals surface area contributed by atoms with Crippen LogP contribution in [-0.4, -0.2) is 31.1 Å². The summed E-state index contributed by atoms with van der Waals surface area (Å²) in [5.74, 6) is 1.28. The van der Waals surface area contributed by atoms with E-state index in [0.717, 1.165) is 25.5 Å². The SMILES string of the molecule is CN=C(NCCc1ccncc1C)NCC(C)c1ccc(C)cc1.I. The molecular weight excluding hydrogens is 423 g/mol. The summed E-state index contributed by atoms with van der Waals surface area (Å²) in [5.41, 5.74) is 5.19. The number of aryl methyl sites for hydroxylation is 2. The van der Waals surface area contributed by atoms with Crippen molar-refractivity contribution in [2.45, 2.75) is 33.1 Å². The Morgan fingerprint density at radius 2 is 1.84 bits per heavy atom. The molecule has 2 rings (SSSR count). The zero-order valence-corrected chi connectivity index (χ0v) is 17.9. The van der Waals surface area contributed by atoms with E-state index in [1.54, 1.807) is 0 Å². The van der Waals surface area contributed by atoms with Gasteiger partial charge in [0.05, 0.1) is 0 Å². The van der Waals surface area contributed by atoms with Crippen molar-refractivity contribution in [1.29, 1.82) is 0 Å². The van der Waals surface area contributed by atoms with Crippen molar-refractivity contribution in [1.82, 2.24) is 15.6 Å². The number of aliphatic imine (C=N–C) groups is 1. The van der Waals surface area contributed by atoms with Gasteiger partial charge in [0, 0.05) is 32.5 Å². The van der Waals surface area contributed by atoms with E-state index >= 15 is 0 Å². The highest BCUT2D eigenvalue weighted by Crippen LogP contribution is 2.14. The van der Waals surface area contributed by atoms with Gasteiger partial charge in [0.2, 0.25) is 0 Å². The van der Waals surface area contributed by atoms with Crippen molar-refractivity contribution in [3.63, 3.8) is 0 Å². The molecule has 1 unspecified atom stereocenters. The van der Waals surface area contributed by atoms with E-state index in [2.05, 4.69) is 71.7 Å². The summed E-state index contributed by atoms with van der Waals surface area (Å²) >= 11 is 0. The predicted molar refractivity (Wildman–Crippen MR) is 117 cm³/mol. The molecule has 0 aliphatic rings. The summed E-state index contributed by atoms with van der Waals surface area (Å²) in [6.07, 6.45) is 4.72. The maximum absolute atomic E-state index is 4.30. The molecule has 0 saturated heterocycles. The van der Waals surface area contributed by atoms with Crippen molar-refractivity contribution in [2.24, 2.45) is 4.99 Å². The summed E-state index contributed by atoms with van der Waals surface area (Å²) in [7, 11) is 1.81. The lowest BCUT2D eigenvalue weighted by atomic mass is 10.0. The molecule has 0 aliphatic heterocycles. The summed E-state index contributed by atoms with van der Waals surface area (Å²) < 4.78 is 0. The molecule has 0 fully saturated rings. The first kappa shape index (κ1) is 21.4. The third-order valence-corrected chi connectivity index (χ3v) is 4.27. The van der Waals surface area contributed by atoms with Gasteiger partial charge in [-0.2, -0.15) is 0 Å². The van der Waals surface area contributed by atoms with Crippen molar-refractivity contribution >= 4 is 29.9 Å². The molecule has 0 amide bonds. The number of rotatable bonds is 6. The number of guanidine groups is 1. The second-order valence-electron chi connectivity index (χ2n) is 6.24. The fraction of sp³-hybridized carbons (Fsp3) is 0.400. The molecule has 0 saturated carbocycles. The molecular formula is C20H29IN4. The molecule has 0 aliphatic carbocycles. The number of nitrogens with zero attached hydrogens (tertiary/aromatic N) is 2. The summed E-state index contributed by atoms with van der Waals surface area (Å²) in [5, 5.41) is 6.79. The molecule has 5 heteroatoms. The normalized spacial score (nSPS) is 12.2. The van der Waals surface area contributed by atoms with E-state index < -0.39 is 0 Å². The minimum absolute atomic E-state index is 0. The zero-order chi connectivity index (χ0) is 17.4. The maximum Gasteiger partial charge on any atom is 0.191 e. The van der Waals surface area contributed by atoms with Crippen LogP contribution in [0.2, 0.25) is 0 Å². The highest BCUT2D eigenvalue weighted by atomic mass is 127. The minimum atomic E-state index is 0. The lowest BCUT2D eigenvalue weighted by Crippen LogP contribution is -2.40. The summed E-state index contributed by atoms with van der Waals surface area (Å²) in [6.45, 7) is 8.15. The van der Waals surface area contributed by atoms with Gasteiger partial charge in [-0.25, -0.2) is 0 Å². The quantitative estimate of drug-likeness (QED) is 0.398. The third-order valence-electron chi connectivity index (χ3n) is 4.27. The standard InChI is InChI=1S/C20H28N4.HI/c1-15-5-7-18(8-6-15)17(3)14-24-20(21-4)23-12-10-19-9-11-22-13-16(19)2;/h5-9,11,13,17H,10,12,14H2,1-4H3,(H2,21,23,24);1H. The number of pyridine rings is 1. The molecule has 1 atom stereocenters. The molecule has 0 radical (unpaired) electrons. The monoisotopic (exact) mass is 452 g/mol. The van der Waals surface area contributed by atoms with Gasteiger partial charge in [0.1, 0.15) is 0 Å². The number of nitrogens with one attached hydrogen (secondary N) is 2. The van der Waals surface area contributed by atoms with Crippen molar-refractivity contribution in [3.8, 4) is 0 Å². The highest BCUT2D eigenvalue weighted by molar-refractivity contribution is 14.0. The Balaban J connectivity index is 0.00000312. The van der Waals surface area contributed by atoms with Crippen LogP contribution in [0.3, 0.4) is 0 Å². The molecule has 1 heterocycles. The number of halogens is 1. The van der Waals surface area contributed by atoms with Crippen molar-refractivity contribution in [3.05, 3.63) is 65.0 Å². The lowest BCUT2D eigenvalue weighted by Gasteiger charge is -2.17. The number of hydrogen-bond acceptors (Lipinski definition) is 2. The molecule has 2 N–H and O–H groups in total. The van der Waals surface area contributed by atoms with Gasteiger partial charge < -0.3 is 10.6 Å². The van der Waals surface area contributed by atoms with Gasteiger partial charge >= 0.3 is 0 Å². The van der Waals surface area contributed by atoms with E-state index in [1.807, 2.05) is 19.4 Å². The van der Waals surface area contributed by atoms with Crippen LogP contribution in [-0.2, 0) is 6.42 Å². The molecule has 4 nitrogen and oxygen atoms in total. The Morgan fingerprint density at radius 1 is 1.12 bits per heavy atom. The Hall–Kier alpha value is -1.63. The molecule has 0 spiro atoms. The van der Waals surface area contributed by atoms with Crippen LogP contribution in [0, 0.1) is 13.8 Å². The van der Waals surface area contributed by atoms with E-state index in [4.69, 9.17) is 0 Å². The van der Waals surface area contributed by atoms with Gasteiger partial charge in [-0.3, -0.25) is 9.98 Å². The Kier molecular flexibility index (Phi) is 9.49. The number of benzene rings is 1. The van der Waals surface area contributed by atoms with Gasteiger partial charge in [-0.05, 0) is 48.9 Å². The zero-order valence-electron chi connectivity index (χ0n) is 15.5. The van der Waals surface area contributed by atoms with Crippen LogP contribution in [0.1, 0.15) is 35.1 Å². The van der Waals surface area contributed by atoms with Gasteiger partial charge in [0.15, 0.2) is 5.96 Å². The fourth-order valence-corrected chi connectivity index (χ4v) is 2.58. The Morgan fingerprint density at radius 3 is 2.48 bits per heavy atom. The predicted octanol–water partition coefficient (Wildman–Crippen LogP) is 3.83. The largest absolute Gasteiger partial charge is 0.356 e. The topological polar surface area (TPSA) is 49.3 Å². The minimum Gasteiger partial charge on any atom is -0.356 e. The third kappa shape index (κ3) is 7.02. The molecule has 136 valence electrons. The molecule has 0 bridgehead atoms. The van der Waals surface area contributed by atoms with E-state index in [9.17, 15) is 0 Å². The molecule has 2 aromatic rings. The van der Waals surface area contributed by atoms with Crippen LogP contribution in [0.5, 0.6) is 0 Å². The summed E-state index contributed by atoms with van der Waals surface area (Å²) in [4.78, 5) is 8.43. The Labute approximate surface area is 168 Å². The van der Waals surface area contributed by atoms with Gasteiger partial charge in [-0.1, -0.05) is 36.8 Å². The van der Waals surface area contributed by atoms with Crippen LogP contribution in [0.4, 0.5) is 0 Å². The average Bonchev–Trinajstić information content (AvgIpc) is 2.59. The molecule has 1 aromatic heterocycles. The van der Waals surface area contributed by atoms with Gasteiger partial charge in [-0.15, -0.1) is 24.0 Å². The van der Waals surface area contributed by atoms with Crippen LogP contribution in [0.25, 0.3) is 0 Å². The van der Waals surface area contributed by atoms with E-state index in [0.29, 0.717) is 5.92 Å². The second-order valence-corrected chi connectivity index (χ2v) is 6.24. The van der Waals surface area contributed by atoms with Crippen LogP contribution >= 0.6 is 24.0 Å². The first-order chi connectivity index (χ1) is 11.6. The average molecular weight is 452 g/mol. The Bertz CT molecular complexity index is 668. The first-order valence-corrected chi connectivity index (χ1v) is 8.50. The maximum atomic E-state index is 4.30. The van der Waals surface area contributed by atoms with Crippen LogP contribution in [0.15, 0.2) is 47.7 Å². The van der Waals surface area contributed by atoms with Gasteiger partial charge in [0.25, 0.3) is 0 Å². The number of aromatic nitrogens is 1. The molecule has 25 heavy (non-hydrogen) atoms. The smallest absolute Gasteiger partial charge is 0.191 e. The highest BCUT2D eigenvalue weighted by Gasteiger charge is 2.06. The van der Waals surface area contributed by atoms with Crippen LogP contribution < -0.4 is 10.6 Å². The fourth-order valence-electron chi connectivity index (χ4n) is 2.58. The second kappa shape index (κ2) is 11.1. The lowest BCUT2D eigenvalue weighted by molar-refractivity contribution is 0.697. The number of hydrogen-bond donors (Lipinski definition) is 2. The molecule has 1 aromatic carbocycles. The summed E-state index contributed by atoms with van der Waals surface area (Å²) in [6, 6.07) is 10.8.